The van der Waals surface area contributed by atoms with Crippen molar-refractivity contribution >= 4 is 22.8 Å². The van der Waals surface area contributed by atoms with Gasteiger partial charge in [0.15, 0.2) is 5.58 Å². The van der Waals surface area contributed by atoms with Crippen molar-refractivity contribution in [1.29, 1.82) is 0 Å². The maximum absolute atomic E-state index is 13.2. The van der Waals surface area contributed by atoms with Gasteiger partial charge in [-0.05, 0) is 30.5 Å². The van der Waals surface area contributed by atoms with E-state index in [1.165, 1.54) is 0 Å². The van der Waals surface area contributed by atoms with E-state index in [2.05, 4.69) is 15.2 Å². The third-order valence-corrected chi connectivity index (χ3v) is 5.48. The molecule has 1 amide bonds. The van der Waals surface area contributed by atoms with Crippen molar-refractivity contribution in [3.8, 4) is 0 Å². The van der Waals surface area contributed by atoms with Gasteiger partial charge in [-0.25, -0.2) is 4.98 Å². The van der Waals surface area contributed by atoms with Crippen LogP contribution in [0.2, 0.25) is 0 Å². The van der Waals surface area contributed by atoms with Crippen molar-refractivity contribution in [1.82, 2.24) is 15.2 Å². The number of ether oxygens (including phenoxy) is 1. The molecule has 1 N–H and O–H groups in total. The van der Waals surface area contributed by atoms with Gasteiger partial charge in [0.05, 0.1) is 19.3 Å². The number of morpholine rings is 1. The minimum absolute atomic E-state index is 0.0349. The van der Waals surface area contributed by atoms with Crippen molar-refractivity contribution in [2.75, 3.05) is 32.8 Å². The largest absolute Gasteiger partial charge is 0.434 e. The van der Waals surface area contributed by atoms with E-state index >= 15 is 0 Å². The second kappa shape index (κ2) is 10.3. The Morgan fingerprint density at radius 1 is 1.03 bits per heavy atom. The lowest BCUT2D eigenvalue weighted by molar-refractivity contribution is -0.122. The molecular formula is C24H27N3O4. The number of amides is 1. The van der Waals surface area contributed by atoms with Crippen LogP contribution in [0.3, 0.4) is 0 Å². The van der Waals surface area contributed by atoms with Crippen LogP contribution in [0.15, 0.2) is 59.0 Å². The number of fused-ring (bicyclic) bond motifs is 1. The Hall–Kier alpha value is -3.03. The van der Waals surface area contributed by atoms with Gasteiger partial charge < -0.3 is 14.5 Å². The molecule has 1 aromatic heterocycles. The SMILES string of the molecule is O=C(CCN1CCOCC1)NC(CCc1ccccc1)C(=O)c1nc2ccccc2o1. The zero-order valence-corrected chi connectivity index (χ0v) is 17.5. The summed E-state index contributed by atoms with van der Waals surface area (Å²) in [5.41, 5.74) is 2.30. The molecule has 0 bridgehead atoms. The highest BCUT2D eigenvalue weighted by molar-refractivity contribution is 6.00. The van der Waals surface area contributed by atoms with Gasteiger partial charge in [-0.2, -0.15) is 0 Å². The molecular weight excluding hydrogens is 394 g/mol. The molecule has 1 atom stereocenters. The fraction of sp³-hybridized carbons (Fsp3) is 0.375. The summed E-state index contributed by atoms with van der Waals surface area (Å²) in [6, 6.07) is 16.5. The molecule has 1 aliphatic heterocycles. The van der Waals surface area contributed by atoms with Crippen LogP contribution in [0.1, 0.15) is 29.1 Å². The Labute approximate surface area is 181 Å². The first-order chi connectivity index (χ1) is 15.2. The lowest BCUT2D eigenvalue weighted by Crippen LogP contribution is -2.43. The number of Topliss-reactive ketones (excluding diaryl/α,β-unsaturated/α-hetero) is 1. The summed E-state index contributed by atoms with van der Waals surface area (Å²) in [7, 11) is 0. The highest BCUT2D eigenvalue weighted by Gasteiger charge is 2.26. The molecule has 0 aliphatic carbocycles. The first-order valence-electron chi connectivity index (χ1n) is 10.7. The fourth-order valence-electron chi connectivity index (χ4n) is 3.70. The van der Waals surface area contributed by atoms with Gasteiger partial charge in [0, 0.05) is 26.1 Å². The number of ketones is 1. The van der Waals surface area contributed by atoms with Crippen molar-refractivity contribution in [3.63, 3.8) is 0 Å². The summed E-state index contributed by atoms with van der Waals surface area (Å²) in [6.45, 7) is 3.69. The Morgan fingerprint density at radius 2 is 1.77 bits per heavy atom. The second-order valence-corrected chi connectivity index (χ2v) is 7.70. The number of para-hydroxylation sites is 2. The van der Waals surface area contributed by atoms with Crippen LogP contribution in [0.4, 0.5) is 0 Å². The number of carbonyl (C=O) groups is 2. The van der Waals surface area contributed by atoms with E-state index in [0.717, 1.165) is 18.7 Å². The van der Waals surface area contributed by atoms with E-state index < -0.39 is 6.04 Å². The molecule has 1 fully saturated rings. The van der Waals surface area contributed by atoms with Gasteiger partial charge in [0.1, 0.15) is 5.52 Å². The molecule has 2 aromatic carbocycles. The maximum atomic E-state index is 13.2. The third kappa shape index (κ3) is 5.77. The number of hydrogen-bond donors (Lipinski definition) is 1. The molecule has 3 aromatic rings. The molecule has 7 heteroatoms. The number of rotatable bonds is 9. The summed E-state index contributed by atoms with van der Waals surface area (Å²) >= 11 is 0. The van der Waals surface area contributed by atoms with Gasteiger partial charge in [-0.3, -0.25) is 14.5 Å². The standard InChI is InChI=1S/C24H27N3O4/c28-22(12-13-27-14-16-30-17-15-27)25-20(11-10-18-6-2-1-3-7-18)23(29)24-26-19-8-4-5-9-21(19)31-24/h1-9,20H,10-17H2,(H,25,28). The number of nitrogens with one attached hydrogen (secondary N) is 1. The molecule has 1 aliphatic rings. The molecule has 0 spiro atoms. The quantitative estimate of drug-likeness (QED) is 0.535. The molecule has 7 nitrogen and oxygen atoms in total. The number of benzene rings is 2. The molecule has 0 radical (unpaired) electrons. The van der Waals surface area contributed by atoms with Gasteiger partial charge in [-0.15, -0.1) is 0 Å². The molecule has 31 heavy (non-hydrogen) atoms. The topological polar surface area (TPSA) is 84.7 Å². The van der Waals surface area contributed by atoms with Crippen LogP contribution < -0.4 is 5.32 Å². The number of oxazole rings is 1. The van der Waals surface area contributed by atoms with Gasteiger partial charge in [0.2, 0.25) is 11.7 Å². The smallest absolute Gasteiger partial charge is 0.266 e. The van der Waals surface area contributed by atoms with Crippen LogP contribution in [0.5, 0.6) is 0 Å². The van der Waals surface area contributed by atoms with E-state index in [-0.39, 0.29) is 17.6 Å². The summed E-state index contributed by atoms with van der Waals surface area (Å²) in [5.74, 6) is -0.409. The predicted octanol–water partition coefficient (Wildman–Crippen LogP) is 2.85. The van der Waals surface area contributed by atoms with Crippen LogP contribution in [-0.2, 0) is 16.0 Å². The van der Waals surface area contributed by atoms with Crippen LogP contribution in [0.25, 0.3) is 11.1 Å². The first kappa shape index (κ1) is 21.2. The molecule has 4 rings (SSSR count). The fourth-order valence-corrected chi connectivity index (χ4v) is 3.70. The van der Waals surface area contributed by atoms with Crippen molar-refractivity contribution in [2.45, 2.75) is 25.3 Å². The van der Waals surface area contributed by atoms with Gasteiger partial charge in [-0.1, -0.05) is 42.5 Å². The molecule has 1 unspecified atom stereocenters. The van der Waals surface area contributed by atoms with E-state index in [1.54, 1.807) is 12.1 Å². The van der Waals surface area contributed by atoms with Crippen molar-refractivity contribution in [3.05, 3.63) is 66.1 Å². The maximum Gasteiger partial charge on any atom is 0.266 e. The lowest BCUT2D eigenvalue weighted by Gasteiger charge is -2.26. The lowest BCUT2D eigenvalue weighted by atomic mass is 10.0. The van der Waals surface area contributed by atoms with Crippen LogP contribution in [-0.4, -0.2) is 60.5 Å². The Kier molecular flexibility index (Phi) is 7.07. The number of carbonyl (C=O) groups excluding carboxylic acids is 2. The van der Waals surface area contributed by atoms with Crippen LogP contribution in [0, 0.1) is 0 Å². The van der Waals surface area contributed by atoms with Crippen LogP contribution >= 0.6 is 0 Å². The number of nitrogens with zero attached hydrogens (tertiary/aromatic N) is 2. The minimum Gasteiger partial charge on any atom is -0.434 e. The highest BCUT2D eigenvalue weighted by atomic mass is 16.5. The third-order valence-electron chi connectivity index (χ3n) is 5.48. The normalized spacial score (nSPS) is 15.6. The molecule has 2 heterocycles. The number of hydrogen-bond acceptors (Lipinski definition) is 6. The summed E-state index contributed by atoms with van der Waals surface area (Å²) in [6.07, 6.45) is 1.48. The van der Waals surface area contributed by atoms with Crippen molar-refractivity contribution < 1.29 is 18.7 Å². The first-order valence-corrected chi connectivity index (χ1v) is 10.7. The van der Waals surface area contributed by atoms with E-state index in [4.69, 9.17) is 9.15 Å². The predicted molar refractivity (Wildman–Crippen MR) is 117 cm³/mol. The molecule has 162 valence electrons. The van der Waals surface area contributed by atoms with Gasteiger partial charge >= 0.3 is 0 Å². The zero-order valence-electron chi connectivity index (χ0n) is 17.5. The Bertz CT molecular complexity index is 979. The van der Waals surface area contributed by atoms with E-state index in [0.29, 0.717) is 50.1 Å². The minimum atomic E-state index is -0.689. The number of aromatic nitrogens is 1. The Balaban J connectivity index is 1.43. The molecule has 0 saturated carbocycles. The monoisotopic (exact) mass is 421 g/mol. The average molecular weight is 421 g/mol. The summed E-state index contributed by atoms with van der Waals surface area (Å²) in [5, 5.41) is 2.92. The Morgan fingerprint density at radius 3 is 2.55 bits per heavy atom. The van der Waals surface area contributed by atoms with E-state index in [9.17, 15) is 9.59 Å². The molecule has 1 saturated heterocycles. The van der Waals surface area contributed by atoms with Crippen molar-refractivity contribution in [2.24, 2.45) is 0 Å². The summed E-state index contributed by atoms with van der Waals surface area (Å²) < 4.78 is 11.0. The highest BCUT2D eigenvalue weighted by Crippen LogP contribution is 2.17. The summed E-state index contributed by atoms with van der Waals surface area (Å²) in [4.78, 5) is 32.3. The second-order valence-electron chi connectivity index (χ2n) is 7.70. The zero-order chi connectivity index (χ0) is 21.5. The average Bonchev–Trinajstić information content (AvgIpc) is 3.26. The van der Waals surface area contributed by atoms with E-state index in [1.807, 2.05) is 42.5 Å². The number of aryl methyl sites for hydroxylation is 1. The van der Waals surface area contributed by atoms with Gasteiger partial charge in [0.25, 0.3) is 5.89 Å².